The lowest BCUT2D eigenvalue weighted by atomic mass is 9.79. The van der Waals surface area contributed by atoms with Gasteiger partial charge in [0.2, 0.25) is 0 Å². The molecule has 2 aliphatic rings. The van der Waals surface area contributed by atoms with Crippen LogP contribution in [0.2, 0.25) is 0 Å². The van der Waals surface area contributed by atoms with Gasteiger partial charge in [0.25, 0.3) is 0 Å². The number of nitrogens with zero attached hydrogens (tertiary/aromatic N) is 2. The molecule has 0 saturated carbocycles. The van der Waals surface area contributed by atoms with Crippen LogP contribution < -0.4 is 10.6 Å². The van der Waals surface area contributed by atoms with Gasteiger partial charge in [0, 0.05) is 30.2 Å². The SMILES string of the molecule is CN1CCC(N(C)C(=O)C(=O)NC2CC(C)(C)NC(C)(C)C2)CC1. The van der Waals surface area contributed by atoms with Crippen molar-refractivity contribution in [2.45, 2.75) is 76.5 Å². The minimum absolute atomic E-state index is 0.0265. The summed E-state index contributed by atoms with van der Waals surface area (Å²) in [6.45, 7) is 10.5. The van der Waals surface area contributed by atoms with Gasteiger partial charge >= 0.3 is 11.8 Å². The van der Waals surface area contributed by atoms with Crippen LogP contribution in [0.25, 0.3) is 0 Å². The van der Waals surface area contributed by atoms with E-state index in [0.29, 0.717) is 0 Å². The molecule has 0 unspecified atom stereocenters. The highest BCUT2D eigenvalue weighted by Crippen LogP contribution is 2.28. The van der Waals surface area contributed by atoms with Crippen LogP contribution in [0, 0.1) is 0 Å². The van der Waals surface area contributed by atoms with Crippen molar-refractivity contribution in [1.29, 1.82) is 0 Å². The minimum Gasteiger partial charge on any atom is -0.345 e. The van der Waals surface area contributed by atoms with E-state index in [1.807, 2.05) is 0 Å². The Balaban J connectivity index is 1.92. The normalized spacial score (nSPS) is 25.2. The quantitative estimate of drug-likeness (QED) is 0.736. The third-order valence-electron chi connectivity index (χ3n) is 5.28. The second kappa shape index (κ2) is 7.00. The molecule has 0 atom stereocenters. The molecule has 0 aliphatic carbocycles. The van der Waals surface area contributed by atoms with Gasteiger partial charge in [0.15, 0.2) is 0 Å². The molecule has 0 bridgehead atoms. The number of amides is 2. The molecule has 0 aromatic rings. The monoisotopic (exact) mass is 338 g/mol. The van der Waals surface area contributed by atoms with Gasteiger partial charge in [-0.1, -0.05) is 0 Å². The van der Waals surface area contributed by atoms with Gasteiger partial charge in [-0.3, -0.25) is 9.59 Å². The molecule has 24 heavy (non-hydrogen) atoms. The summed E-state index contributed by atoms with van der Waals surface area (Å²) in [5, 5.41) is 6.57. The van der Waals surface area contributed by atoms with Crippen molar-refractivity contribution in [3.63, 3.8) is 0 Å². The molecule has 2 fully saturated rings. The van der Waals surface area contributed by atoms with E-state index in [1.165, 1.54) is 0 Å². The zero-order valence-corrected chi connectivity index (χ0v) is 16.1. The van der Waals surface area contributed by atoms with Gasteiger partial charge in [-0.05, 0) is 73.5 Å². The van der Waals surface area contributed by atoms with E-state index in [0.717, 1.165) is 38.8 Å². The number of likely N-dealkylation sites (tertiary alicyclic amines) is 1. The fourth-order valence-electron chi connectivity index (χ4n) is 4.38. The van der Waals surface area contributed by atoms with E-state index in [2.05, 4.69) is 50.3 Å². The summed E-state index contributed by atoms with van der Waals surface area (Å²) >= 11 is 0. The molecule has 0 spiro atoms. The Morgan fingerprint density at radius 1 is 1.08 bits per heavy atom. The predicted molar refractivity (Wildman–Crippen MR) is 95.7 cm³/mol. The standard InChI is InChI=1S/C18H34N4O2/c1-17(2)11-13(12-18(3,4)20-17)19-15(23)16(24)22(6)14-7-9-21(5)10-8-14/h13-14,20H,7-12H2,1-6H3,(H,19,23). The molecular formula is C18H34N4O2. The molecule has 2 rings (SSSR count). The van der Waals surface area contributed by atoms with Crippen LogP contribution in [0.5, 0.6) is 0 Å². The summed E-state index contributed by atoms with van der Waals surface area (Å²) in [4.78, 5) is 28.9. The summed E-state index contributed by atoms with van der Waals surface area (Å²) in [5.74, 6) is -0.867. The lowest BCUT2D eigenvalue weighted by molar-refractivity contribution is -0.147. The fourth-order valence-corrected chi connectivity index (χ4v) is 4.38. The van der Waals surface area contributed by atoms with Crippen molar-refractivity contribution in [2.24, 2.45) is 0 Å². The van der Waals surface area contributed by atoms with Crippen molar-refractivity contribution < 1.29 is 9.59 Å². The third-order valence-corrected chi connectivity index (χ3v) is 5.28. The molecule has 2 heterocycles. The van der Waals surface area contributed by atoms with Gasteiger partial charge in [-0.15, -0.1) is 0 Å². The molecule has 2 saturated heterocycles. The van der Waals surface area contributed by atoms with Crippen molar-refractivity contribution in [1.82, 2.24) is 20.4 Å². The molecule has 2 amide bonds. The maximum absolute atomic E-state index is 12.5. The first kappa shape index (κ1) is 19.2. The highest BCUT2D eigenvalue weighted by atomic mass is 16.2. The van der Waals surface area contributed by atoms with Gasteiger partial charge in [0.1, 0.15) is 0 Å². The molecular weight excluding hydrogens is 304 g/mol. The number of carbonyl (C=O) groups excluding carboxylic acids is 2. The van der Waals surface area contributed by atoms with Crippen LogP contribution in [0.3, 0.4) is 0 Å². The third kappa shape index (κ3) is 4.93. The second-order valence-corrected chi connectivity index (χ2v) is 8.92. The predicted octanol–water partition coefficient (Wildman–Crippen LogP) is 0.964. The Hall–Kier alpha value is -1.14. The smallest absolute Gasteiger partial charge is 0.311 e. The number of carbonyl (C=O) groups is 2. The average Bonchev–Trinajstić information content (AvgIpc) is 2.43. The molecule has 6 heteroatoms. The Morgan fingerprint density at radius 2 is 1.58 bits per heavy atom. The van der Waals surface area contributed by atoms with Crippen LogP contribution >= 0.6 is 0 Å². The maximum Gasteiger partial charge on any atom is 0.311 e. The molecule has 0 radical (unpaired) electrons. The highest BCUT2D eigenvalue weighted by molar-refractivity contribution is 6.35. The number of nitrogens with one attached hydrogen (secondary N) is 2. The minimum atomic E-state index is -0.463. The topological polar surface area (TPSA) is 64.7 Å². The summed E-state index contributed by atoms with van der Waals surface area (Å²) in [7, 11) is 3.85. The lowest BCUT2D eigenvalue weighted by Crippen LogP contribution is -2.63. The number of likely N-dealkylation sites (N-methyl/N-ethyl adjacent to an activating group) is 1. The summed E-state index contributed by atoms with van der Waals surface area (Å²) in [6.07, 6.45) is 3.51. The van der Waals surface area contributed by atoms with Gasteiger partial charge < -0.3 is 20.4 Å². The van der Waals surface area contributed by atoms with E-state index in [9.17, 15) is 9.59 Å². The van der Waals surface area contributed by atoms with Crippen molar-refractivity contribution >= 4 is 11.8 Å². The number of hydrogen-bond acceptors (Lipinski definition) is 4. The first-order chi connectivity index (χ1) is 11.0. The molecule has 0 aromatic heterocycles. The number of hydrogen-bond donors (Lipinski definition) is 2. The summed E-state index contributed by atoms with van der Waals surface area (Å²) in [6, 6.07) is 0.193. The van der Waals surface area contributed by atoms with Crippen molar-refractivity contribution in [3.05, 3.63) is 0 Å². The van der Waals surface area contributed by atoms with E-state index < -0.39 is 11.8 Å². The zero-order chi connectivity index (χ0) is 18.1. The lowest BCUT2D eigenvalue weighted by Gasteiger charge is -2.46. The molecule has 2 aliphatic heterocycles. The Kier molecular flexibility index (Phi) is 5.60. The Morgan fingerprint density at radius 3 is 2.08 bits per heavy atom. The number of piperidine rings is 2. The molecule has 2 N–H and O–H groups in total. The van der Waals surface area contributed by atoms with Gasteiger partial charge in [0.05, 0.1) is 0 Å². The molecule has 6 nitrogen and oxygen atoms in total. The van der Waals surface area contributed by atoms with Crippen molar-refractivity contribution in [3.8, 4) is 0 Å². The summed E-state index contributed by atoms with van der Waals surface area (Å²) in [5.41, 5.74) is -0.106. The van der Waals surface area contributed by atoms with E-state index in [1.54, 1.807) is 11.9 Å². The first-order valence-corrected chi connectivity index (χ1v) is 9.05. The van der Waals surface area contributed by atoms with E-state index in [4.69, 9.17) is 0 Å². The second-order valence-electron chi connectivity index (χ2n) is 8.92. The van der Waals surface area contributed by atoms with Crippen molar-refractivity contribution in [2.75, 3.05) is 27.2 Å². The van der Waals surface area contributed by atoms with Crippen LogP contribution in [-0.4, -0.2) is 72.0 Å². The molecule has 0 aromatic carbocycles. The fraction of sp³-hybridized carbons (Fsp3) is 0.889. The van der Waals surface area contributed by atoms with Gasteiger partial charge in [-0.2, -0.15) is 0 Å². The molecule has 138 valence electrons. The Bertz CT molecular complexity index is 465. The maximum atomic E-state index is 12.5. The van der Waals surface area contributed by atoms with E-state index >= 15 is 0 Å². The van der Waals surface area contributed by atoms with Crippen LogP contribution in [0.1, 0.15) is 53.4 Å². The average molecular weight is 338 g/mol. The van der Waals surface area contributed by atoms with Crippen LogP contribution in [-0.2, 0) is 9.59 Å². The first-order valence-electron chi connectivity index (χ1n) is 9.05. The number of rotatable bonds is 2. The van der Waals surface area contributed by atoms with Gasteiger partial charge in [-0.25, -0.2) is 0 Å². The van der Waals surface area contributed by atoms with Crippen LogP contribution in [0.15, 0.2) is 0 Å². The largest absolute Gasteiger partial charge is 0.345 e. The highest BCUT2D eigenvalue weighted by Gasteiger charge is 2.39. The Labute approximate surface area is 146 Å². The van der Waals surface area contributed by atoms with E-state index in [-0.39, 0.29) is 23.2 Å². The summed E-state index contributed by atoms with van der Waals surface area (Å²) < 4.78 is 0. The van der Waals surface area contributed by atoms with Crippen LogP contribution in [0.4, 0.5) is 0 Å². The zero-order valence-electron chi connectivity index (χ0n) is 16.1.